The Bertz CT molecular complexity index is 419. The summed E-state index contributed by atoms with van der Waals surface area (Å²) in [5.41, 5.74) is -0.257. The molecule has 0 bridgehead atoms. The van der Waals surface area contributed by atoms with Gasteiger partial charge in [-0.25, -0.2) is 0 Å². The van der Waals surface area contributed by atoms with Gasteiger partial charge in [0.15, 0.2) is 0 Å². The van der Waals surface area contributed by atoms with E-state index in [4.69, 9.17) is 0 Å². The van der Waals surface area contributed by atoms with E-state index >= 15 is 0 Å². The average molecular weight is 256 g/mol. The van der Waals surface area contributed by atoms with Crippen molar-refractivity contribution in [2.24, 2.45) is 0 Å². The van der Waals surface area contributed by atoms with E-state index in [1.54, 1.807) is 32.9 Å². The van der Waals surface area contributed by atoms with Crippen LogP contribution in [-0.2, 0) is 11.3 Å². The lowest BCUT2D eigenvalue weighted by Crippen LogP contribution is -2.47. The first kappa shape index (κ1) is 14.2. The van der Waals surface area contributed by atoms with Crippen molar-refractivity contribution in [1.29, 1.82) is 0 Å². The quantitative estimate of drug-likeness (QED) is 0.577. The minimum Gasteiger partial charge on any atom is -0.755 e. The van der Waals surface area contributed by atoms with Crippen molar-refractivity contribution in [3.8, 4) is 0 Å². The zero-order chi connectivity index (χ0) is 13.2. The second-order valence-electron chi connectivity index (χ2n) is 4.61. The maximum atomic E-state index is 11.3. The molecular weight excluding hydrogens is 241 g/mol. The summed E-state index contributed by atoms with van der Waals surface area (Å²) in [5.74, 6) is 0. The zero-order valence-corrected chi connectivity index (χ0v) is 10.8. The van der Waals surface area contributed by atoms with Crippen LogP contribution in [0.3, 0.4) is 0 Å². The van der Waals surface area contributed by atoms with Crippen LogP contribution in [0.25, 0.3) is 0 Å². The lowest BCUT2D eigenvalue weighted by molar-refractivity contribution is 0.425. The lowest BCUT2D eigenvalue weighted by atomic mass is 9.78. The van der Waals surface area contributed by atoms with Gasteiger partial charge in [-0.15, -0.1) is 0 Å². The van der Waals surface area contributed by atoms with Gasteiger partial charge >= 0.3 is 7.12 Å². The van der Waals surface area contributed by atoms with Crippen LogP contribution in [0.1, 0.15) is 20.8 Å². The van der Waals surface area contributed by atoms with E-state index in [-0.39, 0.29) is 11.2 Å². The molecule has 1 rings (SSSR count). The highest BCUT2D eigenvalue weighted by Gasteiger charge is 2.27. The molecule has 0 saturated carbocycles. The molecule has 0 radical (unpaired) electrons. The standard InChI is InChI=1S/C10H16BNO4S/c1-10(2,3)12(17(15)16)9-7-5-4-6-8(9)11(13)14/h4-7,13-14H,1-3H3,(H,15,16)/p-1. The minimum absolute atomic E-state index is 0.159. The number of anilines is 1. The molecular formula is C10H15BNO4S-. The first-order valence-electron chi connectivity index (χ1n) is 5.10. The van der Waals surface area contributed by atoms with Gasteiger partial charge in [0.05, 0.1) is 0 Å². The van der Waals surface area contributed by atoms with Gasteiger partial charge in [0.1, 0.15) is 0 Å². The van der Waals surface area contributed by atoms with E-state index < -0.39 is 23.9 Å². The third-order valence-corrected chi connectivity index (χ3v) is 3.23. The molecule has 0 saturated heterocycles. The predicted octanol–water partition coefficient (Wildman–Crippen LogP) is -0.235. The van der Waals surface area contributed by atoms with Crippen molar-refractivity contribution in [3.05, 3.63) is 24.3 Å². The summed E-state index contributed by atoms with van der Waals surface area (Å²) < 4.78 is 23.7. The molecule has 0 aliphatic rings. The maximum Gasteiger partial charge on any atom is 0.490 e. The van der Waals surface area contributed by atoms with Crippen LogP contribution in [0.5, 0.6) is 0 Å². The van der Waals surface area contributed by atoms with E-state index in [2.05, 4.69) is 0 Å². The molecule has 0 heterocycles. The molecule has 7 heteroatoms. The van der Waals surface area contributed by atoms with Gasteiger partial charge < -0.3 is 14.6 Å². The monoisotopic (exact) mass is 256 g/mol. The van der Waals surface area contributed by atoms with E-state index in [0.29, 0.717) is 0 Å². The summed E-state index contributed by atoms with van der Waals surface area (Å²) in [4.78, 5) is 0. The molecule has 1 unspecified atom stereocenters. The van der Waals surface area contributed by atoms with E-state index in [1.165, 1.54) is 12.1 Å². The molecule has 0 spiro atoms. The van der Waals surface area contributed by atoms with Crippen LogP contribution in [0.2, 0.25) is 0 Å². The normalized spacial score (nSPS) is 13.3. The molecule has 0 fully saturated rings. The van der Waals surface area contributed by atoms with Crippen LogP contribution in [-0.4, -0.2) is 31.5 Å². The number of hydrogen-bond acceptors (Lipinski definition) is 4. The highest BCUT2D eigenvalue weighted by Crippen LogP contribution is 2.23. The first-order valence-corrected chi connectivity index (χ1v) is 6.13. The van der Waals surface area contributed by atoms with Crippen molar-refractivity contribution in [2.45, 2.75) is 26.3 Å². The highest BCUT2D eigenvalue weighted by atomic mass is 32.2. The number of para-hydroxylation sites is 1. The van der Waals surface area contributed by atoms with Gasteiger partial charge in [-0.1, -0.05) is 18.2 Å². The molecule has 5 nitrogen and oxygen atoms in total. The second-order valence-corrected chi connectivity index (χ2v) is 5.41. The molecule has 0 amide bonds. The molecule has 2 N–H and O–H groups in total. The number of hydrogen-bond donors (Lipinski definition) is 2. The number of rotatable bonds is 3. The van der Waals surface area contributed by atoms with Crippen LogP contribution >= 0.6 is 0 Å². The fraction of sp³-hybridized carbons (Fsp3) is 0.400. The van der Waals surface area contributed by atoms with Crippen LogP contribution < -0.4 is 9.77 Å². The van der Waals surface area contributed by atoms with Crippen molar-refractivity contribution < 1.29 is 18.8 Å². The smallest absolute Gasteiger partial charge is 0.490 e. The lowest BCUT2D eigenvalue weighted by Gasteiger charge is -2.39. The second kappa shape index (κ2) is 5.18. The van der Waals surface area contributed by atoms with Crippen LogP contribution in [0.4, 0.5) is 5.69 Å². The fourth-order valence-electron chi connectivity index (χ4n) is 1.56. The topological polar surface area (TPSA) is 83.8 Å². The molecule has 0 aliphatic carbocycles. The van der Waals surface area contributed by atoms with Gasteiger partial charge in [0.25, 0.3) is 0 Å². The summed E-state index contributed by atoms with van der Waals surface area (Å²) in [6, 6.07) is 6.28. The van der Waals surface area contributed by atoms with E-state index in [9.17, 15) is 18.8 Å². The summed E-state index contributed by atoms with van der Waals surface area (Å²) in [7, 11) is -1.71. The predicted molar refractivity (Wildman–Crippen MR) is 67.4 cm³/mol. The Morgan fingerprint density at radius 1 is 1.29 bits per heavy atom. The SMILES string of the molecule is CC(C)(C)N(c1ccccc1B(O)O)S(=O)[O-]. The zero-order valence-electron chi connectivity index (χ0n) is 9.95. The summed E-state index contributed by atoms with van der Waals surface area (Å²) in [5, 5.41) is 18.5. The van der Waals surface area contributed by atoms with Crippen molar-refractivity contribution in [3.63, 3.8) is 0 Å². The third kappa shape index (κ3) is 3.29. The van der Waals surface area contributed by atoms with Gasteiger partial charge in [0, 0.05) is 28.0 Å². The number of nitrogens with zero attached hydrogens (tertiary/aromatic N) is 1. The van der Waals surface area contributed by atoms with Crippen molar-refractivity contribution in [1.82, 2.24) is 0 Å². The van der Waals surface area contributed by atoms with Crippen LogP contribution in [0.15, 0.2) is 24.3 Å². The van der Waals surface area contributed by atoms with Crippen molar-refractivity contribution >= 4 is 29.5 Å². The Kier molecular flexibility index (Phi) is 4.32. The molecule has 0 aliphatic heterocycles. The Morgan fingerprint density at radius 3 is 2.24 bits per heavy atom. The third-order valence-electron chi connectivity index (χ3n) is 2.19. The van der Waals surface area contributed by atoms with Gasteiger partial charge in [-0.2, -0.15) is 0 Å². The molecule has 1 atom stereocenters. The summed E-state index contributed by atoms with van der Waals surface area (Å²) in [6.45, 7) is 5.18. The van der Waals surface area contributed by atoms with Gasteiger partial charge in [-0.05, 0) is 26.8 Å². The largest absolute Gasteiger partial charge is 0.755 e. The molecule has 1 aromatic rings. The first-order chi connectivity index (χ1) is 7.75. The number of benzene rings is 1. The van der Waals surface area contributed by atoms with Gasteiger partial charge in [-0.3, -0.25) is 8.51 Å². The van der Waals surface area contributed by atoms with Crippen molar-refractivity contribution in [2.75, 3.05) is 4.31 Å². The Hall–Kier alpha value is -0.885. The van der Waals surface area contributed by atoms with E-state index in [0.717, 1.165) is 4.31 Å². The Morgan fingerprint density at radius 2 is 1.82 bits per heavy atom. The Balaban J connectivity index is 3.34. The van der Waals surface area contributed by atoms with Crippen LogP contribution in [0, 0.1) is 0 Å². The highest BCUT2D eigenvalue weighted by molar-refractivity contribution is 7.80. The molecule has 94 valence electrons. The Labute approximate surface area is 104 Å². The molecule has 0 aromatic heterocycles. The minimum atomic E-state index is -2.49. The summed E-state index contributed by atoms with van der Waals surface area (Å²) >= 11 is -2.49. The maximum absolute atomic E-state index is 11.3. The summed E-state index contributed by atoms with van der Waals surface area (Å²) in [6.07, 6.45) is 0. The average Bonchev–Trinajstić information content (AvgIpc) is 2.15. The fourth-order valence-corrected chi connectivity index (χ4v) is 2.33. The van der Waals surface area contributed by atoms with E-state index in [1.807, 2.05) is 0 Å². The molecule has 17 heavy (non-hydrogen) atoms. The van der Waals surface area contributed by atoms with Gasteiger partial charge in [0.2, 0.25) is 0 Å². The molecule has 1 aromatic carbocycles.